The molecule has 1 aromatic carbocycles. The summed E-state index contributed by atoms with van der Waals surface area (Å²) in [7, 11) is 0. The van der Waals surface area contributed by atoms with Gasteiger partial charge in [-0.15, -0.1) is 0 Å². The average molecular weight is 411 g/mol. The fourth-order valence-corrected chi connectivity index (χ4v) is 3.95. The van der Waals surface area contributed by atoms with Crippen molar-refractivity contribution >= 4 is 17.7 Å². The Kier molecular flexibility index (Phi) is 5.69. The van der Waals surface area contributed by atoms with Crippen molar-refractivity contribution in [3.63, 3.8) is 0 Å². The van der Waals surface area contributed by atoms with Crippen molar-refractivity contribution in [2.75, 3.05) is 26.2 Å². The summed E-state index contributed by atoms with van der Waals surface area (Å²) < 4.78 is 13.1. The SMILES string of the molecule is O=C1C(=O)N(C2CCN(C(=O)c3cnccn3)CC2)CCN1Cc1ccc(F)cc1. The minimum atomic E-state index is -0.538. The van der Waals surface area contributed by atoms with Gasteiger partial charge in [0.05, 0.1) is 6.20 Å². The van der Waals surface area contributed by atoms with E-state index >= 15 is 0 Å². The summed E-state index contributed by atoms with van der Waals surface area (Å²) >= 11 is 0. The molecule has 3 amide bonds. The van der Waals surface area contributed by atoms with Crippen molar-refractivity contribution in [3.8, 4) is 0 Å². The summed E-state index contributed by atoms with van der Waals surface area (Å²) in [5.41, 5.74) is 1.08. The molecule has 0 saturated carbocycles. The molecule has 156 valence electrons. The second-order valence-corrected chi connectivity index (χ2v) is 7.47. The predicted molar refractivity (Wildman–Crippen MR) is 104 cm³/mol. The number of carbonyl (C=O) groups excluding carboxylic acids is 3. The normalized spacial score (nSPS) is 18.1. The predicted octanol–water partition coefficient (Wildman–Crippen LogP) is 1.09. The van der Waals surface area contributed by atoms with Crippen molar-refractivity contribution in [1.82, 2.24) is 24.7 Å². The molecule has 4 rings (SSSR count). The number of halogens is 1. The topological polar surface area (TPSA) is 86.7 Å². The number of likely N-dealkylation sites (tertiary alicyclic amines) is 1. The highest BCUT2D eigenvalue weighted by molar-refractivity contribution is 6.35. The molecule has 30 heavy (non-hydrogen) atoms. The molecule has 2 aliphatic heterocycles. The molecule has 0 bridgehead atoms. The molecular formula is C21H22FN5O3. The fraction of sp³-hybridized carbons (Fsp3) is 0.381. The molecular weight excluding hydrogens is 389 g/mol. The summed E-state index contributed by atoms with van der Waals surface area (Å²) in [5.74, 6) is -1.56. The molecule has 1 aromatic heterocycles. The molecule has 9 heteroatoms. The molecule has 2 aromatic rings. The summed E-state index contributed by atoms with van der Waals surface area (Å²) in [5, 5.41) is 0. The van der Waals surface area contributed by atoms with E-state index in [2.05, 4.69) is 9.97 Å². The summed E-state index contributed by atoms with van der Waals surface area (Å²) in [6.07, 6.45) is 5.67. The quantitative estimate of drug-likeness (QED) is 0.703. The number of rotatable bonds is 4. The van der Waals surface area contributed by atoms with E-state index in [-0.39, 0.29) is 24.3 Å². The molecule has 2 saturated heterocycles. The van der Waals surface area contributed by atoms with Gasteiger partial charge >= 0.3 is 11.8 Å². The Morgan fingerprint density at radius 3 is 2.40 bits per heavy atom. The monoisotopic (exact) mass is 411 g/mol. The number of hydrogen-bond acceptors (Lipinski definition) is 5. The Balaban J connectivity index is 1.33. The number of piperidine rings is 1. The highest BCUT2D eigenvalue weighted by Gasteiger charge is 2.38. The molecule has 0 atom stereocenters. The molecule has 3 heterocycles. The molecule has 0 spiro atoms. The van der Waals surface area contributed by atoms with Crippen molar-refractivity contribution in [2.24, 2.45) is 0 Å². The highest BCUT2D eigenvalue weighted by Crippen LogP contribution is 2.21. The second kappa shape index (κ2) is 8.56. The maximum absolute atomic E-state index is 13.1. The van der Waals surface area contributed by atoms with E-state index in [9.17, 15) is 18.8 Å². The lowest BCUT2D eigenvalue weighted by molar-refractivity contribution is -0.158. The van der Waals surface area contributed by atoms with E-state index in [4.69, 9.17) is 0 Å². The molecule has 0 radical (unpaired) electrons. The van der Waals surface area contributed by atoms with Crippen LogP contribution < -0.4 is 0 Å². The third kappa shape index (κ3) is 4.14. The van der Waals surface area contributed by atoms with Crippen LogP contribution in [-0.2, 0) is 16.1 Å². The van der Waals surface area contributed by atoms with E-state index in [1.807, 2.05) is 0 Å². The zero-order valence-corrected chi connectivity index (χ0v) is 16.4. The fourth-order valence-electron chi connectivity index (χ4n) is 3.95. The maximum Gasteiger partial charge on any atom is 0.312 e. The van der Waals surface area contributed by atoms with Crippen molar-refractivity contribution in [2.45, 2.75) is 25.4 Å². The number of hydrogen-bond donors (Lipinski definition) is 0. The first kappa shape index (κ1) is 19.9. The molecule has 0 aliphatic carbocycles. The number of nitrogens with zero attached hydrogens (tertiary/aromatic N) is 5. The van der Waals surface area contributed by atoms with E-state index in [0.29, 0.717) is 44.7 Å². The van der Waals surface area contributed by atoms with E-state index in [1.54, 1.807) is 21.9 Å². The Morgan fingerprint density at radius 1 is 1.00 bits per heavy atom. The van der Waals surface area contributed by atoms with Gasteiger partial charge in [-0.2, -0.15) is 0 Å². The van der Waals surface area contributed by atoms with Gasteiger partial charge in [-0.05, 0) is 30.5 Å². The molecule has 2 fully saturated rings. The van der Waals surface area contributed by atoms with Gasteiger partial charge in [-0.25, -0.2) is 9.37 Å². The minimum Gasteiger partial charge on any atom is -0.337 e. The van der Waals surface area contributed by atoms with Crippen LogP contribution in [0.1, 0.15) is 28.9 Å². The van der Waals surface area contributed by atoms with Gasteiger partial charge < -0.3 is 14.7 Å². The Labute approximate surface area is 173 Å². The number of piperazine rings is 1. The number of carbonyl (C=O) groups is 3. The highest BCUT2D eigenvalue weighted by atomic mass is 19.1. The van der Waals surface area contributed by atoms with Gasteiger partial charge in [-0.3, -0.25) is 19.4 Å². The molecule has 8 nitrogen and oxygen atoms in total. The Bertz CT molecular complexity index is 929. The average Bonchev–Trinajstić information content (AvgIpc) is 2.79. The van der Waals surface area contributed by atoms with E-state index < -0.39 is 11.8 Å². The van der Waals surface area contributed by atoms with Crippen LogP contribution in [0.4, 0.5) is 4.39 Å². The van der Waals surface area contributed by atoms with Crippen LogP contribution in [0.2, 0.25) is 0 Å². The van der Waals surface area contributed by atoms with Crippen LogP contribution in [0.25, 0.3) is 0 Å². The lowest BCUT2D eigenvalue weighted by atomic mass is 10.0. The Hall–Kier alpha value is -3.36. The largest absolute Gasteiger partial charge is 0.337 e. The van der Waals surface area contributed by atoms with Crippen molar-refractivity contribution < 1.29 is 18.8 Å². The first-order chi connectivity index (χ1) is 14.5. The summed E-state index contributed by atoms with van der Waals surface area (Å²) in [6, 6.07) is 5.84. The van der Waals surface area contributed by atoms with Gasteiger partial charge in [0.1, 0.15) is 11.5 Å². The number of aromatic nitrogens is 2. The van der Waals surface area contributed by atoms with Crippen LogP contribution in [0.3, 0.4) is 0 Å². The van der Waals surface area contributed by atoms with E-state index in [0.717, 1.165) is 5.56 Å². The Morgan fingerprint density at radius 2 is 1.73 bits per heavy atom. The maximum atomic E-state index is 13.1. The van der Waals surface area contributed by atoms with Crippen LogP contribution in [0.5, 0.6) is 0 Å². The first-order valence-corrected chi connectivity index (χ1v) is 9.92. The lowest BCUT2D eigenvalue weighted by Crippen LogP contribution is -2.59. The van der Waals surface area contributed by atoms with Crippen LogP contribution in [-0.4, -0.2) is 74.6 Å². The number of amides is 3. The van der Waals surface area contributed by atoms with Gasteiger partial charge in [0, 0.05) is 51.2 Å². The second-order valence-electron chi connectivity index (χ2n) is 7.47. The molecule has 0 unspecified atom stereocenters. The minimum absolute atomic E-state index is 0.0691. The van der Waals surface area contributed by atoms with Crippen LogP contribution >= 0.6 is 0 Å². The van der Waals surface area contributed by atoms with Gasteiger partial charge in [-0.1, -0.05) is 12.1 Å². The summed E-state index contributed by atoms with van der Waals surface area (Å²) in [4.78, 5) is 50.6. The third-order valence-corrected chi connectivity index (χ3v) is 5.60. The number of benzene rings is 1. The molecule has 2 aliphatic rings. The van der Waals surface area contributed by atoms with Crippen LogP contribution in [0.15, 0.2) is 42.9 Å². The van der Waals surface area contributed by atoms with Crippen LogP contribution in [0, 0.1) is 5.82 Å². The van der Waals surface area contributed by atoms with Gasteiger partial charge in [0.25, 0.3) is 5.91 Å². The zero-order chi connectivity index (χ0) is 21.1. The zero-order valence-electron chi connectivity index (χ0n) is 16.4. The van der Waals surface area contributed by atoms with Gasteiger partial charge in [0.15, 0.2) is 0 Å². The van der Waals surface area contributed by atoms with Crippen molar-refractivity contribution in [3.05, 3.63) is 59.9 Å². The third-order valence-electron chi connectivity index (χ3n) is 5.60. The van der Waals surface area contributed by atoms with Gasteiger partial charge in [0.2, 0.25) is 0 Å². The molecule has 0 N–H and O–H groups in total. The first-order valence-electron chi connectivity index (χ1n) is 9.92. The standard InChI is InChI=1S/C21H22FN5O3/c22-16-3-1-15(2-4-16)14-26-11-12-27(21(30)20(26)29)17-5-9-25(10-6-17)19(28)18-13-23-7-8-24-18/h1-4,7-8,13,17H,5-6,9-12,14H2. The lowest BCUT2D eigenvalue weighted by Gasteiger charge is -2.42. The smallest absolute Gasteiger partial charge is 0.312 e. The van der Waals surface area contributed by atoms with Crippen molar-refractivity contribution in [1.29, 1.82) is 0 Å². The van der Waals surface area contributed by atoms with E-state index in [1.165, 1.54) is 35.6 Å². The summed E-state index contributed by atoms with van der Waals surface area (Å²) in [6.45, 7) is 2.16.